The van der Waals surface area contributed by atoms with Crippen molar-refractivity contribution in [1.82, 2.24) is 15.2 Å². The molecule has 1 heterocycles. The van der Waals surface area contributed by atoms with Gasteiger partial charge in [-0.25, -0.2) is 9.59 Å². The van der Waals surface area contributed by atoms with Gasteiger partial charge in [0.25, 0.3) is 5.56 Å². The highest BCUT2D eigenvalue weighted by Crippen LogP contribution is 2.07. The van der Waals surface area contributed by atoms with Gasteiger partial charge in [-0.15, -0.1) is 0 Å². The molecule has 1 rings (SSSR count). The van der Waals surface area contributed by atoms with Crippen molar-refractivity contribution >= 4 is 35.3 Å². The maximum atomic E-state index is 12.8. The van der Waals surface area contributed by atoms with Gasteiger partial charge in [0.2, 0.25) is 17.7 Å². The summed E-state index contributed by atoms with van der Waals surface area (Å²) in [6.45, 7) is 4.59. The molecule has 2 atom stereocenters. The SMILES string of the molecule is COC(=O)[C@@H](CC(C)C)NC(=O)Cn1cccc(NC(=O)C(CCC=CC(=O)O)NC(C)=O)c1=O. The fraction of sp³-hybridized carbons (Fsp3) is 0.478. The Bertz CT molecular complexity index is 1020. The molecule has 0 saturated carbocycles. The minimum atomic E-state index is -1.14. The Balaban J connectivity index is 2.94. The molecule has 0 aliphatic heterocycles. The minimum Gasteiger partial charge on any atom is -0.478 e. The van der Waals surface area contributed by atoms with Crippen molar-refractivity contribution in [3.63, 3.8) is 0 Å². The van der Waals surface area contributed by atoms with Crippen molar-refractivity contribution in [2.75, 3.05) is 12.4 Å². The quantitative estimate of drug-likeness (QED) is 0.226. The molecule has 4 N–H and O–H groups in total. The number of aliphatic carboxylic acids is 1. The van der Waals surface area contributed by atoms with Crippen molar-refractivity contribution in [2.45, 2.75) is 58.7 Å². The summed E-state index contributed by atoms with van der Waals surface area (Å²) in [4.78, 5) is 71.9. The van der Waals surface area contributed by atoms with Crippen LogP contribution in [0.5, 0.6) is 0 Å². The van der Waals surface area contributed by atoms with E-state index in [-0.39, 0.29) is 24.4 Å². The number of carbonyl (C=O) groups excluding carboxylic acids is 4. The fourth-order valence-corrected chi connectivity index (χ4v) is 3.16. The van der Waals surface area contributed by atoms with Gasteiger partial charge in [-0.05, 0) is 37.3 Å². The van der Waals surface area contributed by atoms with Crippen LogP contribution in [0.1, 0.15) is 40.0 Å². The van der Waals surface area contributed by atoms with Crippen molar-refractivity contribution < 1.29 is 33.8 Å². The standard InChI is InChI=1S/C23H32N4O8/c1-14(2)12-18(23(34)35-4)25-19(29)13-27-11-7-9-17(22(27)33)26-21(32)16(24-15(3)28)8-5-6-10-20(30)31/h6-7,9-11,14,16,18H,5,8,12-13H2,1-4H3,(H,24,28)(H,25,29)(H,26,32)(H,30,31)/t16?,18-/m1/s1. The van der Waals surface area contributed by atoms with Crippen LogP contribution >= 0.6 is 0 Å². The number of nitrogens with zero attached hydrogens (tertiary/aromatic N) is 1. The second-order valence-corrected chi connectivity index (χ2v) is 8.19. The van der Waals surface area contributed by atoms with Gasteiger partial charge < -0.3 is 30.4 Å². The van der Waals surface area contributed by atoms with Crippen molar-refractivity contribution in [3.05, 3.63) is 40.8 Å². The summed E-state index contributed by atoms with van der Waals surface area (Å²) in [7, 11) is 1.22. The Morgan fingerprint density at radius 2 is 1.83 bits per heavy atom. The van der Waals surface area contributed by atoms with Crippen LogP contribution in [0.25, 0.3) is 0 Å². The van der Waals surface area contributed by atoms with E-state index in [0.29, 0.717) is 6.42 Å². The first-order chi connectivity index (χ1) is 16.4. The van der Waals surface area contributed by atoms with E-state index in [0.717, 1.165) is 10.6 Å². The third-order valence-electron chi connectivity index (χ3n) is 4.70. The van der Waals surface area contributed by atoms with Gasteiger partial charge in [-0.1, -0.05) is 19.9 Å². The zero-order valence-electron chi connectivity index (χ0n) is 20.2. The van der Waals surface area contributed by atoms with Crippen LogP contribution in [0.3, 0.4) is 0 Å². The van der Waals surface area contributed by atoms with Crippen molar-refractivity contribution in [3.8, 4) is 0 Å². The maximum absolute atomic E-state index is 12.8. The summed E-state index contributed by atoms with van der Waals surface area (Å²) in [5.41, 5.74) is -0.782. The molecule has 192 valence electrons. The number of carboxylic acids is 1. The Morgan fingerprint density at radius 3 is 2.40 bits per heavy atom. The lowest BCUT2D eigenvalue weighted by molar-refractivity contribution is -0.145. The number of esters is 1. The van der Waals surface area contributed by atoms with Gasteiger partial charge in [-0.3, -0.25) is 19.2 Å². The van der Waals surface area contributed by atoms with E-state index >= 15 is 0 Å². The lowest BCUT2D eigenvalue weighted by atomic mass is 10.0. The van der Waals surface area contributed by atoms with E-state index in [2.05, 4.69) is 16.0 Å². The first kappa shape index (κ1) is 29.1. The lowest BCUT2D eigenvalue weighted by Crippen LogP contribution is -2.45. The molecule has 0 radical (unpaired) electrons. The number of anilines is 1. The molecule has 0 spiro atoms. The topological polar surface area (TPSA) is 173 Å². The van der Waals surface area contributed by atoms with Crippen LogP contribution in [-0.4, -0.2) is 58.5 Å². The summed E-state index contributed by atoms with van der Waals surface area (Å²) in [6, 6.07) is 0.928. The van der Waals surface area contributed by atoms with E-state index in [1.807, 2.05) is 13.8 Å². The van der Waals surface area contributed by atoms with Crippen molar-refractivity contribution in [2.24, 2.45) is 5.92 Å². The molecule has 3 amide bonds. The van der Waals surface area contributed by atoms with Crippen LogP contribution in [0.15, 0.2) is 35.3 Å². The van der Waals surface area contributed by atoms with Crippen molar-refractivity contribution in [1.29, 1.82) is 0 Å². The third kappa shape index (κ3) is 10.7. The number of pyridine rings is 1. The van der Waals surface area contributed by atoms with E-state index in [1.165, 1.54) is 38.4 Å². The van der Waals surface area contributed by atoms with E-state index < -0.39 is 53.8 Å². The highest BCUT2D eigenvalue weighted by atomic mass is 16.5. The van der Waals surface area contributed by atoms with Crippen LogP contribution < -0.4 is 21.5 Å². The summed E-state index contributed by atoms with van der Waals surface area (Å²) in [5, 5.41) is 16.1. The van der Waals surface area contributed by atoms with Gasteiger partial charge in [0.1, 0.15) is 24.3 Å². The Labute approximate surface area is 202 Å². The number of rotatable bonds is 13. The van der Waals surface area contributed by atoms with Crippen LogP contribution in [0.2, 0.25) is 0 Å². The molecule has 0 bridgehead atoms. The largest absolute Gasteiger partial charge is 0.478 e. The normalized spacial score (nSPS) is 12.6. The van der Waals surface area contributed by atoms with Crippen LogP contribution in [0.4, 0.5) is 5.69 Å². The number of aromatic nitrogens is 1. The van der Waals surface area contributed by atoms with E-state index in [4.69, 9.17) is 9.84 Å². The second kappa shape index (κ2) is 14.3. The number of carbonyl (C=O) groups is 5. The monoisotopic (exact) mass is 492 g/mol. The number of allylic oxidation sites excluding steroid dienone is 1. The van der Waals surface area contributed by atoms with E-state index in [9.17, 15) is 28.8 Å². The molecule has 1 aromatic heterocycles. The second-order valence-electron chi connectivity index (χ2n) is 8.19. The molecule has 0 aromatic carbocycles. The molecule has 0 aliphatic rings. The van der Waals surface area contributed by atoms with Crippen LogP contribution in [-0.2, 0) is 35.3 Å². The summed E-state index contributed by atoms with van der Waals surface area (Å²) in [6.07, 6.45) is 4.28. The molecular weight excluding hydrogens is 460 g/mol. The Hall–Kier alpha value is -3.96. The number of hydrogen-bond acceptors (Lipinski definition) is 7. The van der Waals surface area contributed by atoms with E-state index in [1.54, 1.807) is 0 Å². The molecule has 12 nitrogen and oxygen atoms in total. The van der Waals surface area contributed by atoms with Gasteiger partial charge in [0.05, 0.1) is 7.11 Å². The molecule has 0 aliphatic carbocycles. The maximum Gasteiger partial charge on any atom is 0.328 e. The molecule has 12 heteroatoms. The zero-order valence-corrected chi connectivity index (χ0v) is 20.2. The highest BCUT2D eigenvalue weighted by Gasteiger charge is 2.23. The molecule has 1 unspecified atom stereocenters. The Morgan fingerprint density at radius 1 is 1.14 bits per heavy atom. The van der Waals surface area contributed by atoms with Gasteiger partial charge in [0.15, 0.2) is 0 Å². The minimum absolute atomic E-state index is 0.101. The first-order valence-corrected chi connectivity index (χ1v) is 11.0. The van der Waals surface area contributed by atoms with Gasteiger partial charge in [0, 0.05) is 19.2 Å². The Kier molecular flexibility index (Phi) is 11.9. The number of hydrogen-bond donors (Lipinski definition) is 4. The predicted molar refractivity (Wildman–Crippen MR) is 126 cm³/mol. The number of carboxylic acid groups (broad SMARTS) is 1. The average molecular weight is 493 g/mol. The van der Waals surface area contributed by atoms with Gasteiger partial charge in [-0.2, -0.15) is 0 Å². The zero-order chi connectivity index (χ0) is 26.5. The summed E-state index contributed by atoms with van der Waals surface area (Å²) >= 11 is 0. The smallest absolute Gasteiger partial charge is 0.328 e. The first-order valence-electron chi connectivity index (χ1n) is 11.0. The molecule has 35 heavy (non-hydrogen) atoms. The number of amides is 3. The van der Waals surface area contributed by atoms with Crippen LogP contribution in [0, 0.1) is 5.92 Å². The fourth-order valence-electron chi connectivity index (χ4n) is 3.16. The summed E-state index contributed by atoms with van der Waals surface area (Å²) in [5.74, 6) is -3.36. The lowest BCUT2D eigenvalue weighted by Gasteiger charge is -2.19. The molecule has 0 fully saturated rings. The summed E-state index contributed by atoms with van der Waals surface area (Å²) < 4.78 is 5.78. The molecule has 0 saturated heterocycles. The molecule has 1 aromatic rings. The number of methoxy groups -OCH3 is 1. The third-order valence-corrected chi connectivity index (χ3v) is 4.70. The predicted octanol–water partition coefficient (Wildman–Crippen LogP) is 0.416. The van der Waals surface area contributed by atoms with Gasteiger partial charge >= 0.3 is 11.9 Å². The average Bonchev–Trinajstić information content (AvgIpc) is 2.76. The highest BCUT2D eigenvalue weighted by molar-refractivity contribution is 5.96. The number of ether oxygens (including phenoxy) is 1. The number of nitrogens with one attached hydrogen (secondary N) is 3. The molecular formula is C23H32N4O8.